The molecule has 1 amide bonds. The lowest BCUT2D eigenvalue weighted by Crippen LogP contribution is -2.40. The number of hydrogen-bond donors (Lipinski definition) is 1. The zero-order chi connectivity index (χ0) is 15.2. The first-order valence-electron chi connectivity index (χ1n) is 7.49. The molecule has 116 valence electrons. The Bertz CT molecular complexity index is 485. The van der Waals surface area contributed by atoms with Crippen LogP contribution in [0.3, 0.4) is 0 Å². The van der Waals surface area contributed by atoms with Crippen LogP contribution in [0.15, 0.2) is 18.2 Å². The van der Waals surface area contributed by atoms with Crippen molar-refractivity contribution in [1.82, 2.24) is 10.2 Å². The third-order valence-electron chi connectivity index (χ3n) is 3.98. The number of methoxy groups -OCH3 is 1. The quantitative estimate of drug-likeness (QED) is 0.909. The summed E-state index contributed by atoms with van der Waals surface area (Å²) in [6.07, 6.45) is 2.09. The predicted octanol–water partition coefficient (Wildman–Crippen LogP) is 2.81. The molecule has 2 rings (SSSR count). The van der Waals surface area contributed by atoms with Crippen LogP contribution in [0, 0.1) is 5.92 Å². The Kier molecular flexibility index (Phi) is 5.88. The number of halogens is 1. The van der Waals surface area contributed by atoms with Gasteiger partial charge in [-0.05, 0) is 50.0 Å². The van der Waals surface area contributed by atoms with Gasteiger partial charge < -0.3 is 15.0 Å². The molecule has 0 bridgehead atoms. The molecule has 1 saturated heterocycles. The minimum atomic E-state index is 0.0104. The normalized spacial score (nSPS) is 16.0. The van der Waals surface area contributed by atoms with Gasteiger partial charge in [-0.1, -0.05) is 18.5 Å². The molecule has 1 aliphatic rings. The van der Waals surface area contributed by atoms with Crippen LogP contribution in [-0.4, -0.2) is 44.1 Å². The molecule has 1 heterocycles. The van der Waals surface area contributed by atoms with Gasteiger partial charge in [-0.3, -0.25) is 4.79 Å². The molecule has 0 atom stereocenters. The summed E-state index contributed by atoms with van der Waals surface area (Å²) in [4.78, 5) is 14.5. The Morgan fingerprint density at radius 3 is 2.76 bits per heavy atom. The molecule has 1 aliphatic heterocycles. The number of carbonyl (C=O) groups excluding carboxylic acids is 1. The summed E-state index contributed by atoms with van der Waals surface area (Å²) in [6, 6.07) is 5.17. The Balaban J connectivity index is 2.00. The summed E-state index contributed by atoms with van der Waals surface area (Å²) in [6.45, 7) is 5.75. The van der Waals surface area contributed by atoms with Crippen molar-refractivity contribution in [3.05, 3.63) is 28.8 Å². The van der Waals surface area contributed by atoms with Crippen LogP contribution in [-0.2, 0) is 0 Å². The Hall–Kier alpha value is -1.26. The van der Waals surface area contributed by atoms with Gasteiger partial charge in [0.05, 0.1) is 12.7 Å². The number of benzene rings is 1. The fourth-order valence-corrected chi connectivity index (χ4v) is 2.88. The van der Waals surface area contributed by atoms with Crippen molar-refractivity contribution >= 4 is 17.5 Å². The van der Waals surface area contributed by atoms with Crippen LogP contribution < -0.4 is 10.1 Å². The van der Waals surface area contributed by atoms with E-state index < -0.39 is 0 Å². The van der Waals surface area contributed by atoms with Crippen molar-refractivity contribution in [3.63, 3.8) is 0 Å². The first kappa shape index (κ1) is 16.1. The average Bonchev–Trinajstić information content (AvgIpc) is 2.52. The molecule has 1 aromatic rings. The van der Waals surface area contributed by atoms with Crippen molar-refractivity contribution in [2.24, 2.45) is 5.92 Å². The number of hydrogen-bond acceptors (Lipinski definition) is 3. The average molecular weight is 311 g/mol. The van der Waals surface area contributed by atoms with Crippen LogP contribution in [0.4, 0.5) is 0 Å². The first-order valence-corrected chi connectivity index (χ1v) is 7.87. The summed E-state index contributed by atoms with van der Waals surface area (Å²) in [5, 5.41) is 3.94. The van der Waals surface area contributed by atoms with E-state index in [1.54, 1.807) is 25.3 Å². The number of piperidine rings is 1. The second-order valence-corrected chi connectivity index (χ2v) is 5.82. The number of amides is 1. The van der Waals surface area contributed by atoms with Gasteiger partial charge in [-0.25, -0.2) is 0 Å². The van der Waals surface area contributed by atoms with E-state index >= 15 is 0 Å². The van der Waals surface area contributed by atoms with E-state index in [-0.39, 0.29) is 5.91 Å². The van der Waals surface area contributed by atoms with E-state index in [1.165, 1.54) is 0 Å². The Morgan fingerprint density at radius 2 is 2.14 bits per heavy atom. The molecule has 0 saturated carbocycles. The second-order valence-electron chi connectivity index (χ2n) is 5.39. The topological polar surface area (TPSA) is 41.6 Å². The van der Waals surface area contributed by atoms with E-state index in [0.29, 0.717) is 22.3 Å². The molecule has 0 spiro atoms. The molecule has 1 aromatic carbocycles. The highest BCUT2D eigenvalue weighted by Gasteiger charge is 2.25. The van der Waals surface area contributed by atoms with Crippen molar-refractivity contribution in [2.45, 2.75) is 19.8 Å². The molecule has 1 N–H and O–H groups in total. The van der Waals surface area contributed by atoms with Gasteiger partial charge in [0.25, 0.3) is 5.91 Å². The van der Waals surface area contributed by atoms with Crippen LogP contribution in [0.25, 0.3) is 0 Å². The maximum Gasteiger partial charge on any atom is 0.257 e. The first-order chi connectivity index (χ1) is 10.2. The number of rotatable bonds is 5. The largest absolute Gasteiger partial charge is 0.496 e. The van der Waals surface area contributed by atoms with Crippen molar-refractivity contribution in [3.8, 4) is 5.75 Å². The van der Waals surface area contributed by atoms with Crippen molar-refractivity contribution in [2.75, 3.05) is 33.3 Å². The molecular weight excluding hydrogens is 288 g/mol. The summed E-state index contributed by atoms with van der Waals surface area (Å²) >= 11 is 6.00. The Labute approximate surface area is 131 Å². The monoisotopic (exact) mass is 310 g/mol. The van der Waals surface area contributed by atoms with Crippen LogP contribution in [0.1, 0.15) is 30.1 Å². The van der Waals surface area contributed by atoms with Crippen LogP contribution in [0.2, 0.25) is 5.02 Å². The number of ether oxygens (including phenoxy) is 1. The molecule has 0 unspecified atom stereocenters. The third kappa shape index (κ3) is 4.11. The molecule has 21 heavy (non-hydrogen) atoms. The third-order valence-corrected chi connectivity index (χ3v) is 4.21. The fourth-order valence-electron chi connectivity index (χ4n) is 2.71. The zero-order valence-corrected chi connectivity index (χ0v) is 13.4. The molecule has 0 aromatic heterocycles. The standard InChI is InChI=1S/C16H23ClN2O2/c1-3-18-11-12-6-8-19(9-7-12)16(20)14-10-13(17)4-5-15(14)21-2/h4-5,10,12,18H,3,6-9,11H2,1-2H3. The maximum absolute atomic E-state index is 12.6. The summed E-state index contributed by atoms with van der Waals surface area (Å²) in [7, 11) is 1.57. The minimum Gasteiger partial charge on any atom is -0.496 e. The number of likely N-dealkylation sites (tertiary alicyclic amines) is 1. The number of carbonyl (C=O) groups is 1. The van der Waals surface area contributed by atoms with E-state index in [1.807, 2.05) is 4.90 Å². The smallest absolute Gasteiger partial charge is 0.257 e. The SMILES string of the molecule is CCNCC1CCN(C(=O)c2cc(Cl)ccc2OC)CC1. The number of nitrogens with zero attached hydrogens (tertiary/aromatic N) is 1. The minimum absolute atomic E-state index is 0.0104. The van der Waals surface area contributed by atoms with Gasteiger partial charge in [0.15, 0.2) is 0 Å². The summed E-state index contributed by atoms with van der Waals surface area (Å²) in [5.41, 5.74) is 0.551. The Morgan fingerprint density at radius 1 is 1.43 bits per heavy atom. The molecule has 1 fully saturated rings. The van der Waals surface area contributed by atoms with Gasteiger partial charge in [0, 0.05) is 18.1 Å². The fraction of sp³-hybridized carbons (Fsp3) is 0.562. The van der Waals surface area contributed by atoms with Gasteiger partial charge in [-0.15, -0.1) is 0 Å². The van der Waals surface area contributed by atoms with E-state index in [0.717, 1.165) is 39.0 Å². The second kappa shape index (κ2) is 7.66. The van der Waals surface area contributed by atoms with Gasteiger partial charge in [-0.2, -0.15) is 0 Å². The predicted molar refractivity (Wildman–Crippen MR) is 85.2 cm³/mol. The van der Waals surface area contributed by atoms with Crippen molar-refractivity contribution < 1.29 is 9.53 Å². The lowest BCUT2D eigenvalue weighted by Gasteiger charge is -2.32. The molecule has 5 heteroatoms. The maximum atomic E-state index is 12.6. The highest BCUT2D eigenvalue weighted by molar-refractivity contribution is 6.31. The van der Waals surface area contributed by atoms with E-state index in [9.17, 15) is 4.79 Å². The molecule has 0 aliphatic carbocycles. The van der Waals surface area contributed by atoms with Crippen LogP contribution in [0.5, 0.6) is 5.75 Å². The van der Waals surface area contributed by atoms with Crippen LogP contribution >= 0.6 is 11.6 Å². The molecule has 0 radical (unpaired) electrons. The van der Waals surface area contributed by atoms with Crippen molar-refractivity contribution in [1.29, 1.82) is 0 Å². The lowest BCUT2D eigenvalue weighted by atomic mass is 9.96. The highest BCUT2D eigenvalue weighted by Crippen LogP contribution is 2.26. The zero-order valence-electron chi connectivity index (χ0n) is 12.7. The highest BCUT2D eigenvalue weighted by atomic mass is 35.5. The van der Waals surface area contributed by atoms with Gasteiger partial charge in [0.2, 0.25) is 0 Å². The van der Waals surface area contributed by atoms with Gasteiger partial charge in [0.1, 0.15) is 5.75 Å². The molecular formula is C16H23ClN2O2. The number of nitrogens with one attached hydrogen (secondary N) is 1. The lowest BCUT2D eigenvalue weighted by molar-refractivity contribution is 0.0687. The van der Waals surface area contributed by atoms with E-state index in [2.05, 4.69) is 12.2 Å². The summed E-state index contributed by atoms with van der Waals surface area (Å²) < 4.78 is 5.27. The van der Waals surface area contributed by atoms with Gasteiger partial charge >= 0.3 is 0 Å². The summed E-state index contributed by atoms with van der Waals surface area (Å²) in [5.74, 6) is 1.26. The van der Waals surface area contributed by atoms with E-state index in [4.69, 9.17) is 16.3 Å². The molecule has 4 nitrogen and oxygen atoms in total.